The van der Waals surface area contributed by atoms with E-state index < -0.39 is 0 Å². The monoisotopic (exact) mass is 379 g/mol. The van der Waals surface area contributed by atoms with Crippen LogP contribution in [-0.4, -0.2) is 33.2 Å². The third-order valence-corrected chi connectivity index (χ3v) is 4.43. The number of nitrogens with zero attached hydrogens (tertiary/aromatic N) is 2. The molecule has 0 saturated carbocycles. The van der Waals surface area contributed by atoms with Crippen LogP contribution < -0.4 is 10.1 Å². The van der Waals surface area contributed by atoms with Crippen molar-refractivity contribution >= 4 is 16.9 Å². The van der Waals surface area contributed by atoms with Crippen molar-refractivity contribution in [3.8, 4) is 17.0 Å². The van der Waals surface area contributed by atoms with Gasteiger partial charge in [-0.05, 0) is 49.4 Å². The summed E-state index contributed by atoms with van der Waals surface area (Å²) in [6.45, 7) is 1.84. The Morgan fingerprint density at radius 2 is 1.96 bits per heavy atom. The highest BCUT2D eigenvalue weighted by Crippen LogP contribution is 2.22. The number of halogens is 1. The van der Waals surface area contributed by atoms with Gasteiger partial charge in [0.15, 0.2) is 0 Å². The van der Waals surface area contributed by atoms with Gasteiger partial charge in [0.1, 0.15) is 23.1 Å². The molecule has 7 nitrogen and oxygen atoms in total. The second-order valence-corrected chi connectivity index (χ2v) is 6.37. The number of aromatic amines is 2. The Morgan fingerprint density at radius 3 is 2.71 bits per heavy atom. The largest absolute Gasteiger partial charge is 0.497 e. The lowest BCUT2D eigenvalue weighted by Gasteiger charge is -2.10. The average Bonchev–Trinajstić information content (AvgIpc) is 3.35. The summed E-state index contributed by atoms with van der Waals surface area (Å²) in [4.78, 5) is 20.2. The molecule has 8 heteroatoms. The molecule has 1 atom stereocenters. The van der Waals surface area contributed by atoms with E-state index in [2.05, 4.69) is 25.5 Å². The Hall–Kier alpha value is -3.68. The number of H-pyrrole nitrogens is 2. The Balaban J connectivity index is 1.49. The van der Waals surface area contributed by atoms with Crippen LogP contribution in [0.15, 0.2) is 48.5 Å². The zero-order valence-corrected chi connectivity index (χ0v) is 15.3. The predicted molar refractivity (Wildman–Crippen MR) is 103 cm³/mol. The van der Waals surface area contributed by atoms with Gasteiger partial charge in [0, 0.05) is 11.6 Å². The molecule has 2 aromatic carbocycles. The quantitative estimate of drug-likeness (QED) is 0.494. The van der Waals surface area contributed by atoms with E-state index in [4.69, 9.17) is 4.74 Å². The number of methoxy groups -OCH3 is 1. The number of carbonyl (C=O) groups is 1. The molecule has 0 saturated heterocycles. The van der Waals surface area contributed by atoms with Gasteiger partial charge in [0.25, 0.3) is 5.91 Å². The summed E-state index contributed by atoms with van der Waals surface area (Å²) >= 11 is 0. The molecule has 0 aliphatic rings. The number of amides is 1. The van der Waals surface area contributed by atoms with Crippen LogP contribution in [-0.2, 0) is 0 Å². The van der Waals surface area contributed by atoms with Crippen molar-refractivity contribution in [1.29, 1.82) is 0 Å². The number of imidazole rings is 1. The highest BCUT2D eigenvalue weighted by atomic mass is 19.1. The average molecular weight is 379 g/mol. The van der Waals surface area contributed by atoms with Crippen molar-refractivity contribution in [2.24, 2.45) is 0 Å². The van der Waals surface area contributed by atoms with Crippen LogP contribution in [0.4, 0.5) is 4.39 Å². The van der Waals surface area contributed by atoms with Crippen LogP contribution in [0, 0.1) is 5.82 Å². The number of ether oxygens (including phenoxy) is 1. The van der Waals surface area contributed by atoms with Gasteiger partial charge < -0.3 is 15.0 Å². The number of hydrogen-bond acceptors (Lipinski definition) is 4. The van der Waals surface area contributed by atoms with Crippen LogP contribution in [0.3, 0.4) is 0 Å². The van der Waals surface area contributed by atoms with E-state index in [1.54, 1.807) is 25.3 Å². The topological polar surface area (TPSA) is 95.7 Å². The lowest BCUT2D eigenvalue weighted by molar-refractivity contribution is 0.0933. The molecular weight excluding hydrogens is 361 g/mol. The lowest BCUT2D eigenvalue weighted by Crippen LogP contribution is -2.27. The van der Waals surface area contributed by atoms with Gasteiger partial charge in [-0.3, -0.25) is 9.89 Å². The number of carbonyl (C=O) groups excluding carboxylic acids is 1. The first kappa shape index (κ1) is 17.7. The fourth-order valence-corrected chi connectivity index (χ4v) is 2.89. The summed E-state index contributed by atoms with van der Waals surface area (Å²) in [7, 11) is 1.60. The molecule has 0 fully saturated rings. The first-order valence-electron chi connectivity index (χ1n) is 8.69. The van der Waals surface area contributed by atoms with Crippen LogP contribution in [0.2, 0.25) is 0 Å². The van der Waals surface area contributed by atoms with E-state index in [-0.39, 0.29) is 17.8 Å². The summed E-state index contributed by atoms with van der Waals surface area (Å²) in [5, 5.41) is 9.72. The number of hydrogen-bond donors (Lipinski definition) is 3. The van der Waals surface area contributed by atoms with Gasteiger partial charge in [-0.15, -0.1) is 0 Å². The van der Waals surface area contributed by atoms with Gasteiger partial charge in [0.2, 0.25) is 0 Å². The molecule has 4 rings (SSSR count). The lowest BCUT2D eigenvalue weighted by atomic mass is 10.1. The third kappa shape index (κ3) is 3.44. The predicted octanol–water partition coefficient (Wildman–Crippen LogP) is 3.59. The molecule has 0 aliphatic heterocycles. The van der Waals surface area contributed by atoms with Crippen LogP contribution in [0.1, 0.15) is 29.3 Å². The fourth-order valence-electron chi connectivity index (χ4n) is 2.89. The van der Waals surface area contributed by atoms with Crippen molar-refractivity contribution < 1.29 is 13.9 Å². The highest BCUT2D eigenvalue weighted by molar-refractivity contribution is 5.93. The smallest absolute Gasteiger partial charge is 0.269 e. The molecule has 1 amide bonds. The molecule has 0 spiro atoms. The summed E-state index contributed by atoms with van der Waals surface area (Å²) < 4.78 is 18.3. The molecule has 2 aromatic heterocycles. The third-order valence-electron chi connectivity index (χ3n) is 4.43. The molecule has 3 N–H and O–H groups in total. The Morgan fingerprint density at radius 1 is 1.18 bits per heavy atom. The van der Waals surface area contributed by atoms with E-state index in [0.29, 0.717) is 17.2 Å². The minimum absolute atomic E-state index is 0.309. The van der Waals surface area contributed by atoms with Gasteiger partial charge in [-0.1, -0.05) is 0 Å². The number of aromatic nitrogens is 4. The SMILES string of the molecule is COc1ccc2nc(C(C)NC(=O)c3cc(-c4ccc(F)cc4)n[nH]3)[nH]c2c1. The maximum Gasteiger partial charge on any atom is 0.269 e. The van der Waals surface area contributed by atoms with Crippen LogP contribution in [0.5, 0.6) is 5.75 Å². The van der Waals surface area contributed by atoms with E-state index in [0.717, 1.165) is 22.3 Å². The van der Waals surface area contributed by atoms with Crippen molar-refractivity contribution in [2.45, 2.75) is 13.0 Å². The second kappa shape index (κ2) is 7.15. The Kier molecular flexibility index (Phi) is 4.52. The second-order valence-electron chi connectivity index (χ2n) is 6.37. The number of fused-ring (bicyclic) bond motifs is 1. The van der Waals surface area contributed by atoms with Gasteiger partial charge in [0.05, 0.1) is 29.9 Å². The fraction of sp³-hybridized carbons (Fsp3) is 0.150. The van der Waals surface area contributed by atoms with E-state index in [1.807, 2.05) is 25.1 Å². The molecule has 4 aromatic rings. The maximum absolute atomic E-state index is 13.1. The molecule has 1 unspecified atom stereocenters. The summed E-state index contributed by atoms with van der Waals surface area (Å²) in [6, 6.07) is 12.7. The van der Waals surface area contributed by atoms with Crippen molar-refractivity contribution in [2.75, 3.05) is 7.11 Å². The summed E-state index contributed by atoms with van der Waals surface area (Å²) in [5.41, 5.74) is 3.21. The molecular formula is C20H18FN5O2. The Labute approximate surface area is 160 Å². The van der Waals surface area contributed by atoms with E-state index in [9.17, 15) is 9.18 Å². The highest BCUT2D eigenvalue weighted by Gasteiger charge is 2.17. The molecule has 2 heterocycles. The van der Waals surface area contributed by atoms with E-state index >= 15 is 0 Å². The normalized spacial score (nSPS) is 12.1. The number of benzene rings is 2. The zero-order chi connectivity index (χ0) is 19.7. The van der Waals surface area contributed by atoms with Gasteiger partial charge >= 0.3 is 0 Å². The van der Waals surface area contributed by atoms with Crippen LogP contribution >= 0.6 is 0 Å². The van der Waals surface area contributed by atoms with Gasteiger partial charge in [-0.2, -0.15) is 5.10 Å². The molecule has 0 bridgehead atoms. The molecule has 0 aliphatic carbocycles. The number of nitrogens with one attached hydrogen (secondary N) is 3. The summed E-state index contributed by atoms with van der Waals surface area (Å²) in [5.74, 6) is 0.723. The van der Waals surface area contributed by atoms with Crippen molar-refractivity contribution in [3.05, 3.63) is 65.9 Å². The van der Waals surface area contributed by atoms with Gasteiger partial charge in [-0.25, -0.2) is 9.37 Å². The first-order chi connectivity index (χ1) is 13.5. The standard InChI is InChI=1S/C20H18FN5O2/c1-11(19-23-15-8-7-14(28-2)9-17(15)24-19)22-20(27)18-10-16(25-26-18)12-3-5-13(21)6-4-12/h3-11H,1-2H3,(H,22,27)(H,23,24)(H,25,26). The van der Waals surface area contributed by atoms with E-state index in [1.165, 1.54) is 12.1 Å². The van der Waals surface area contributed by atoms with Crippen LogP contribution in [0.25, 0.3) is 22.3 Å². The molecule has 28 heavy (non-hydrogen) atoms. The minimum atomic E-state index is -0.344. The molecule has 0 radical (unpaired) electrons. The Bertz CT molecular complexity index is 1130. The summed E-state index contributed by atoms with van der Waals surface area (Å²) in [6.07, 6.45) is 0. The maximum atomic E-state index is 13.1. The molecule has 142 valence electrons. The number of rotatable bonds is 5. The minimum Gasteiger partial charge on any atom is -0.497 e. The zero-order valence-electron chi connectivity index (χ0n) is 15.3. The van der Waals surface area contributed by atoms with Crippen molar-refractivity contribution in [3.63, 3.8) is 0 Å². The first-order valence-corrected chi connectivity index (χ1v) is 8.69. The van der Waals surface area contributed by atoms with Crippen molar-refractivity contribution in [1.82, 2.24) is 25.5 Å².